The van der Waals surface area contributed by atoms with Gasteiger partial charge in [-0.3, -0.25) is 0 Å². The molecular formula is C14H24N4OS. The molecule has 20 heavy (non-hydrogen) atoms. The van der Waals surface area contributed by atoms with E-state index in [0.717, 1.165) is 12.4 Å². The Balaban J connectivity index is 2.09. The van der Waals surface area contributed by atoms with E-state index in [0.29, 0.717) is 16.3 Å². The van der Waals surface area contributed by atoms with E-state index in [1.54, 1.807) is 13.4 Å². The minimum Gasteiger partial charge on any atom is -0.490 e. The van der Waals surface area contributed by atoms with Crippen LogP contribution in [0.2, 0.25) is 0 Å². The molecule has 0 aromatic carbocycles. The smallest absolute Gasteiger partial charge is 0.204 e. The molecule has 1 fully saturated rings. The summed E-state index contributed by atoms with van der Waals surface area (Å²) < 4.78 is 5.74. The third kappa shape index (κ3) is 3.29. The summed E-state index contributed by atoms with van der Waals surface area (Å²) in [5.74, 6) is 2.17. The van der Waals surface area contributed by atoms with Gasteiger partial charge in [-0.25, -0.2) is 9.97 Å². The van der Waals surface area contributed by atoms with Gasteiger partial charge in [-0.2, -0.15) is 11.8 Å². The standard InChI is InChI=1S/C14H24N4OS/c1-15-12-11(19-2)13(18-10-17-12)16-9-14(20-3)7-5-4-6-8-14/h10H,4-9H2,1-3H3,(H2,15,16,17,18). The van der Waals surface area contributed by atoms with E-state index in [1.807, 2.05) is 18.8 Å². The summed E-state index contributed by atoms with van der Waals surface area (Å²) in [4.78, 5) is 8.48. The molecule has 0 atom stereocenters. The zero-order valence-electron chi connectivity index (χ0n) is 12.5. The summed E-state index contributed by atoms with van der Waals surface area (Å²) in [6.07, 6.45) is 10.3. The first-order valence-corrected chi connectivity index (χ1v) is 8.33. The van der Waals surface area contributed by atoms with Crippen molar-refractivity contribution in [2.45, 2.75) is 36.9 Å². The molecular weight excluding hydrogens is 272 g/mol. The minimum absolute atomic E-state index is 0.327. The van der Waals surface area contributed by atoms with Gasteiger partial charge in [0.2, 0.25) is 5.75 Å². The summed E-state index contributed by atoms with van der Waals surface area (Å²) in [6.45, 7) is 0.921. The zero-order chi connectivity index (χ0) is 14.4. The second kappa shape index (κ2) is 7.02. The monoisotopic (exact) mass is 296 g/mol. The number of nitrogens with zero attached hydrogens (tertiary/aromatic N) is 2. The average molecular weight is 296 g/mol. The van der Waals surface area contributed by atoms with Crippen LogP contribution in [0.5, 0.6) is 5.75 Å². The molecule has 0 bridgehead atoms. The number of ether oxygens (including phenoxy) is 1. The van der Waals surface area contributed by atoms with Crippen LogP contribution in [-0.2, 0) is 0 Å². The lowest BCUT2D eigenvalue weighted by molar-refractivity contribution is 0.404. The molecule has 1 saturated carbocycles. The summed E-state index contributed by atoms with van der Waals surface area (Å²) >= 11 is 1.97. The van der Waals surface area contributed by atoms with Crippen molar-refractivity contribution >= 4 is 23.4 Å². The maximum atomic E-state index is 5.42. The Morgan fingerprint density at radius 2 is 1.95 bits per heavy atom. The number of rotatable bonds is 6. The topological polar surface area (TPSA) is 59.1 Å². The van der Waals surface area contributed by atoms with E-state index in [9.17, 15) is 0 Å². The Morgan fingerprint density at radius 1 is 1.25 bits per heavy atom. The minimum atomic E-state index is 0.327. The van der Waals surface area contributed by atoms with Gasteiger partial charge in [0, 0.05) is 18.3 Å². The van der Waals surface area contributed by atoms with Crippen LogP contribution in [0.25, 0.3) is 0 Å². The molecule has 0 unspecified atom stereocenters. The Hall–Kier alpha value is -1.17. The maximum Gasteiger partial charge on any atom is 0.204 e. The van der Waals surface area contributed by atoms with Crippen molar-refractivity contribution in [2.75, 3.05) is 37.6 Å². The third-order valence-electron chi connectivity index (χ3n) is 4.02. The number of methoxy groups -OCH3 is 1. The van der Waals surface area contributed by atoms with Gasteiger partial charge in [0.25, 0.3) is 0 Å². The van der Waals surface area contributed by atoms with Crippen LogP contribution in [0.1, 0.15) is 32.1 Å². The van der Waals surface area contributed by atoms with Gasteiger partial charge in [-0.15, -0.1) is 0 Å². The van der Waals surface area contributed by atoms with E-state index in [-0.39, 0.29) is 0 Å². The molecule has 112 valence electrons. The van der Waals surface area contributed by atoms with E-state index in [2.05, 4.69) is 26.9 Å². The van der Waals surface area contributed by atoms with Crippen molar-refractivity contribution in [2.24, 2.45) is 0 Å². The molecule has 1 aromatic heterocycles. The average Bonchev–Trinajstić information content (AvgIpc) is 2.53. The van der Waals surface area contributed by atoms with Crippen LogP contribution in [0.3, 0.4) is 0 Å². The second-order valence-corrected chi connectivity index (χ2v) is 6.43. The molecule has 0 saturated heterocycles. The predicted molar refractivity (Wildman–Crippen MR) is 86.0 cm³/mol. The van der Waals surface area contributed by atoms with Gasteiger partial charge in [-0.1, -0.05) is 19.3 Å². The van der Waals surface area contributed by atoms with Crippen LogP contribution in [0.15, 0.2) is 6.33 Å². The molecule has 5 nitrogen and oxygen atoms in total. The first-order chi connectivity index (χ1) is 9.74. The Kier molecular flexibility index (Phi) is 5.34. The lowest BCUT2D eigenvalue weighted by atomic mass is 9.88. The number of aromatic nitrogens is 2. The normalized spacial score (nSPS) is 17.6. The number of nitrogens with one attached hydrogen (secondary N) is 2. The summed E-state index contributed by atoms with van der Waals surface area (Å²) in [5.41, 5.74) is 0. The Bertz CT molecular complexity index is 435. The molecule has 6 heteroatoms. The quantitative estimate of drug-likeness (QED) is 0.841. The first kappa shape index (κ1) is 15.2. The van der Waals surface area contributed by atoms with Gasteiger partial charge in [0.15, 0.2) is 11.6 Å². The molecule has 0 amide bonds. The Morgan fingerprint density at radius 3 is 2.55 bits per heavy atom. The van der Waals surface area contributed by atoms with E-state index in [4.69, 9.17) is 4.74 Å². The first-order valence-electron chi connectivity index (χ1n) is 7.10. The largest absolute Gasteiger partial charge is 0.490 e. The highest BCUT2D eigenvalue weighted by Gasteiger charge is 2.31. The van der Waals surface area contributed by atoms with Crippen molar-refractivity contribution < 1.29 is 4.74 Å². The molecule has 1 heterocycles. The Labute approximate surface area is 125 Å². The number of anilines is 2. The van der Waals surface area contributed by atoms with Crippen molar-refractivity contribution in [3.05, 3.63) is 6.33 Å². The molecule has 1 aliphatic carbocycles. The second-order valence-electron chi connectivity index (χ2n) is 5.16. The van der Waals surface area contributed by atoms with Gasteiger partial charge in [-0.05, 0) is 19.1 Å². The highest BCUT2D eigenvalue weighted by molar-refractivity contribution is 8.00. The molecule has 1 aliphatic rings. The van der Waals surface area contributed by atoms with Crippen LogP contribution < -0.4 is 15.4 Å². The van der Waals surface area contributed by atoms with Gasteiger partial charge >= 0.3 is 0 Å². The predicted octanol–water partition coefficient (Wildman–Crippen LogP) is 3.00. The molecule has 2 rings (SSSR count). The fraction of sp³-hybridized carbons (Fsp3) is 0.714. The maximum absolute atomic E-state index is 5.42. The fourth-order valence-corrected chi connectivity index (χ4v) is 3.68. The van der Waals surface area contributed by atoms with Crippen molar-refractivity contribution in [1.29, 1.82) is 0 Å². The number of thioether (sulfide) groups is 1. The fourth-order valence-electron chi connectivity index (χ4n) is 2.77. The van der Waals surface area contributed by atoms with Crippen LogP contribution in [0, 0.1) is 0 Å². The molecule has 2 N–H and O–H groups in total. The van der Waals surface area contributed by atoms with E-state index >= 15 is 0 Å². The molecule has 1 aromatic rings. The van der Waals surface area contributed by atoms with E-state index in [1.165, 1.54) is 32.1 Å². The van der Waals surface area contributed by atoms with Gasteiger partial charge in [0.1, 0.15) is 6.33 Å². The van der Waals surface area contributed by atoms with Crippen molar-refractivity contribution in [3.8, 4) is 5.75 Å². The number of hydrogen-bond donors (Lipinski definition) is 2. The highest BCUT2D eigenvalue weighted by Crippen LogP contribution is 2.39. The third-order valence-corrected chi connectivity index (χ3v) is 5.44. The number of hydrogen-bond acceptors (Lipinski definition) is 6. The van der Waals surface area contributed by atoms with Crippen molar-refractivity contribution in [3.63, 3.8) is 0 Å². The molecule has 0 aliphatic heterocycles. The highest BCUT2D eigenvalue weighted by atomic mass is 32.2. The SMILES string of the molecule is CNc1ncnc(NCC2(SC)CCCCC2)c1OC. The molecule has 0 spiro atoms. The van der Waals surface area contributed by atoms with Crippen molar-refractivity contribution in [1.82, 2.24) is 9.97 Å². The summed E-state index contributed by atoms with van der Waals surface area (Å²) in [7, 11) is 3.48. The van der Waals surface area contributed by atoms with Gasteiger partial charge in [0.05, 0.1) is 7.11 Å². The summed E-state index contributed by atoms with van der Waals surface area (Å²) in [6, 6.07) is 0. The van der Waals surface area contributed by atoms with Crippen LogP contribution in [-0.4, -0.2) is 41.7 Å². The van der Waals surface area contributed by atoms with Crippen LogP contribution in [0.4, 0.5) is 11.6 Å². The summed E-state index contributed by atoms with van der Waals surface area (Å²) in [5, 5.41) is 6.49. The van der Waals surface area contributed by atoms with Crippen LogP contribution >= 0.6 is 11.8 Å². The van der Waals surface area contributed by atoms with Gasteiger partial charge < -0.3 is 15.4 Å². The molecule has 0 radical (unpaired) electrons. The zero-order valence-corrected chi connectivity index (χ0v) is 13.3. The van der Waals surface area contributed by atoms with E-state index < -0.39 is 0 Å². The lowest BCUT2D eigenvalue weighted by Crippen LogP contribution is -2.35. The lowest BCUT2D eigenvalue weighted by Gasteiger charge is -2.36.